The van der Waals surface area contributed by atoms with E-state index >= 15 is 0 Å². The number of amides is 3. The smallest absolute Gasteiger partial charge is 0.308 e. The number of imide groups is 1. The Morgan fingerprint density at radius 1 is 0.875 bits per heavy atom. The molecule has 12 heteroatoms. The zero-order valence-corrected chi connectivity index (χ0v) is 23.6. The number of nitrogens with one attached hydrogen (secondary N) is 1. The van der Waals surface area contributed by atoms with E-state index in [9.17, 15) is 24.3 Å². The van der Waals surface area contributed by atoms with Gasteiger partial charge >= 0.3 is 4.87 Å². The van der Waals surface area contributed by atoms with Gasteiger partial charge in [-0.25, -0.2) is 4.90 Å². The molecule has 3 amide bonds. The van der Waals surface area contributed by atoms with E-state index in [1.807, 2.05) is 0 Å². The third kappa shape index (κ3) is 4.71. The number of halogens is 2. The number of rotatable bonds is 5. The van der Waals surface area contributed by atoms with Gasteiger partial charge in [0.05, 0.1) is 16.6 Å². The Labute approximate surface area is 246 Å². The number of phenols is 1. The molecular formula is C28H19Cl2N3O5S2. The molecule has 0 spiro atoms. The van der Waals surface area contributed by atoms with E-state index in [-0.39, 0.29) is 23.1 Å². The van der Waals surface area contributed by atoms with Crippen molar-refractivity contribution in [2.45, 2.75) is 22.7 Å². The first-order valence-corrected chi connectivity index (χ1v) is 14.5. The summed E-state index contributed by atoms with van der Waals surface area (Å²) in [6.45, 7) is -0.285. The second-order valence-electron chi connectivity index (χ2n) is 9.30. The number of hydrogen-bond donors (Lipinski definition) is 2. The second-order valence-corrected chi connectivity index (χ2v) is 12.3. The van der Waals surface area contributed by atoms with Crippen LogP contribution in [0.15, 0.2) is 82.6 Å². The average molecular weight is 613 g/mol. The molecule has 202 valence electrons. The van der Waals surface area contributed by atoms with Gasteiger partial charge in [0, 0.05) is 26.5 Å². The Balaban J connectivity index is 1.40. The topological polar surface area (TPSA) is 109 Å². The zero-order valence-electron chi connectivity index (χ0n) is 20.4. The van der Waals surface area contributed by atoms with E-state index in [0.717, 1.165) is 28.7 Å². The normalized spacial score (nSPS) is 19.9. The molecule has 8 nitrogen and oxygen atoms in total. The number of benzene rings is 3. The third-order valence-electron chi connectivity index (χ3n) is 6.82. The van der Waals surface area contributed by atoms with Gasteiger partial charge in [0.25, 0.3) is 0 Å². The maximum atomic E-state index is 13.9. The molecule has 3 atom stereocenters. The van der Waals surface area contributed by atoms with Gasteiger partial charge in [-0.3, -0.25) is 23.7 Å². The lowest BCUT2D eigenvalue weighted by molar-refractivity contribution is -0.122. The van der Waals surface area contributed by atoms with Gasteiger partial charge in [-0.1, -0.05) is 58.4 Å². The highest BCUT2D eigenvalue weighted by atomic mass is 35.5. The molecule has 0 bridgehead atoms. The predicted molar refractivity (Wildman–Crippen MR) is 156 cm³/mol. The van der Waals surface area contributed by atoms with Crippen molar-refractivity contribution in [1.82, 2.24) is 4.57 Å². The fraction of sp³-hybridized carbons (Fsp3) is 0.143. The summed E-state index contributed by atoms with van der Waals surface area (Å²) in [5.41, 5.74) is 1.61. The number of thioether (sulfide) groups is 1. The average Bonchev–Trinajstić information content (AvgIpc) is 3.37. The highest BCUT2D eigenvalue weighted by molar-refractivity contribution is 8.00. The summed E-state index contributed by atoms with van der Waals surface area (Å²) in [6.07, 6.45) is 0. The number of aromatic hydroxyl groups is 1. The first-order chi connectivity index (χ1) is 19.2. The minimum Gasteiger partial charge on any atom is -0.508 e. The third-order valence-corrected chi connectivity index (χ3v) is 9.92. The maximum Gasteiger partial charge on any atom is 0.308 e. The van der Waals surface area contributed by atoms with Crippen LogP contribution in [0.25, 0.3) is 0 Å². The molecule has 1 aromatic heterocycles. The first kappa shape index (κ1) is 26.6. The van der Waals surface area contributed by atoms with Crippen LogP contribution in [0.5, 0.6) is 5.75 Å². The number of hydrogen-bond acceptors (Lipinski definition) is 7. The molecule has 0 aliphatic carbocycles. The van der Waals surface area contributed by atoms with Crippen LogP contribution in [-0.2, 0) is 20.9 Å². The van der Waals surface area contributed by atoms with Crippen LogP contribution in [0.4, 0.5) is 11.4 Å². The van der Waals surface area contributed by atoms with Crippen LogP contribution in [-0.4, -0.2) is 32.6 Å². The van der Waals surface area contributed by atoms with Gasteiger partial charge in [0.15, 0.2) is 0 Å². The lowest BCUT2D eigenvalue weighted by atomic mass is 9.83. The lowest BCUT2D eigenvalue weighted by Crippen LogP contribution is -2.33. The Morgan fingerprint density at radius 3 is 2.15 bits per heavy atom. The summed E-state index contributed by atoms with van der Waals surface area (Å²) in [5, 5.41) is 12.9. The molecule has 2 aliphatic heterocycles. The summed E-state index contributed by atoms with van der Waals surface area (Å²) < 4.78 is 1.35. The van der Waals surface area contributed by atoms with Gasteiger partial charge in [-0.05, 0) is 66.2 Å². The summed E-state index contributed by atoms with van der Waals surface area (Å²) in [7, 11) is 0. The van der Waals surface area contributed by atoms with Crippen LogP contribution in [0.1, 0.15) is 16.4 Å². The lowest BCUT2D eigenvalue weighted by Gasteiger charge is -2.30. The molecule has 0 radical (unpaired) electrons. The Kier molecular flexibility index (Phi) is 6.95. The van der Waals surface area contributed by atoms with E-state index in [4.69, 9.17) is 23.2 Å². The fourth-order valence-electron chi connectivity index (χ4n) is 5.02. The molecule has 0 saturated carbocycles. The molecule has 3 heterocycles. The van der Waals surface area contributed by atoms with E-state index in [1.54, 1.807) is 60.7 Å². The zero-order chi connectivity index (χ0) is 28.1. The van der Waals surface area contributed by atoms with Gasteiger partial charge in [0.1, 0.15) is 17.5 Å². The highest BCUT2D eigenvalue weighted by Gasteiger charge is 2.56. The standard InChI is InChI=1S/C28H19Cl2N3O5S2/c29-15-3-1-14(2-4-15)21-22-23(26(37)33(25(22)36)18-9-5-16(30)6-10-18)39-27-24(21)40-28(38)32(27)13-20(35)31-17-7-11-19(34)12-8-17/h1-12,21-23,34H,13H2,(H,31,35). The number of thiazole rings is 1. The van der Waals surface area contributed by atoms with Gasteiger partial charge in [0.2, 0.25) is 17.7 Å². The van der Waals surface area contributed by atoms with Crippen LogP contribution < -0.4 is 15.1 Å². The van der Waals surface area contributed by atoms with Crippen molar-refractivity contribution in [3.8, 4) is 5.75 Å². The van der Waals surface area contributed by atoms with Crippen molar-refractivity contribution in [3.05, 3.63) is 103 Å². The van der Waals surface area contributed by atoms with Gasteiger partial charge < -0.3 is 10.4 Å². The molecule has 3 aromatic carbocycles. The highest BCUT2D eigenvalue weighted by Crippen LogP contribution is 2.54. The first-order valence-electron chi connectivity index (χ1n) is 12.1. The molecular weight excluding hydrogens is 593 g/mol. The molecule has 3 unspecified atom stereocenters. The van der Waals surface area contributed by atoms with Crippen LogP contribution in [0.3, 0.4) is 0 Å². The molecule has 1 fully saturated rings. The number of aromatic nitrogens is 1. The second kappa shape index (κ2) is 10.4. The largest absolute Gasteiger partial charge is 0.508 e. The Bertz CT molecular complexity index is 1700. The number of nitrogens with zero attached hydrogens (tertiary/aromatic N) is 2. The van der Waals surface area contributed by atoms with Crippen molar-refractivity contribution in [2.75, 3.05) is 10.2 Å². The van der Waals surface area contributed by atoms with E-state index < -0.39 is 28.9 Å². The predicted octanol–water partition coefficient (Wildman–Crippen LogP) is 5.36. The van der Waals surface area contributed by atoms with Gasteiger partial charge in [-0.15, -0.1) is 0 Å². The molecule has 6 rings (SSSR count). The molecule has 2 aliphatic rings. The van der Waals surface area contributed by atoms with Crippen LogP contribution in [0.2, 0.25) is 10.0 Å². The molecule has 1 saturated heterocycles. The minimum absolute atomic E-state index is 0.0590. The summed E-state index contributed by atoms with van der Waals surface area (Å²) in [5.74, 6) is -2.51. The van der Waals surface area contributed by atoms with Crippen LogP contribution >= 0.6 is 46.3 Å². The quantitative estimate of drug-likeness (QED) is 0.232. The van der Waals surface area contributed by atoms with Crippen molar-refractivity contribution in [2.24, 2.45) is 5.92 Å². The number of phenolic OH excluding ortho intramolecular Hbond substituents is 1. The Hall–Kier alpha value is -3.57. The van der Waals surface area contributed by atoms with Crippen molar-refractivity contribution in [1.29, 1.82) is 0 Å². The van der Waals surface area contributed by atoms with E-state index in [2.05, 4.69) is 5.32 Å². The number of fused-ring (bicyclic) bond motifs is 2. The van der Waals surface area contributed by atoms with Gasteiger partial charge in [-0.2, -0.15) is 0 Å². The summed E-state index contributed by atoms with van der Waals surface area (Å²) in [6, 6.07) is 19.4. The monoisotopic (exact) mass is 611 g/mol. The number of carbonyl (C=O) groups is 3. The maximum absolute atomic E-state index is 13.9. The molecule has 40 heavy (non-hydrogen) atoms. The molecule has 2 N–H and O–H groups in total. The SMILES string of the molecule is O=C(Cn1c2c(sc1=O)C(c1ccc(Cl)cc1)C1C(=O)N(c3ccc(Cl)cc3)C(=O)C1S2)Nc1ccc(O)cc1. The summed E-state index contributed by atoms with van der Waals surface area (Å²) in [4.78, 5) is 55.1. The van der Waals surface area contributed by atoms with Crippen LogP contribution in [0, 0.1) is 5.92 Å². The summed E-state index contributed by atoms with van der Waals surface area (Å²) >= 11 is 14.3. The number of anilines is 2. The van der Waals surface area contributed by atoms with Crippen molar-refractivity contribution in [3.63, 3.8) is 0 Å². The minimum atomic E-state index is -0.809. The molecule has 4 aromatic rings. The van der Waals surface area contributed by atoms with E-state index in [0.29, 0.717) is 31.3 Å². The Morgan fingerprint density at radius 2 is 1.50 bits per heavy atom. The fourth-order valence-corrected chi connectivity index (χ4v) is 8.04. The van der Waals surface area contributed by atoms with Crippen molar-refractivity contribution >= 4 is 75.4 Å². The number of carbonyl (C=O) groups excluding carboxylic acids is 3. The van der Waals surface area contributed by atoms with Crippen molar-refractivity contribution < 1.29 is 19.5 Å². The van der Waals surface area contributed by atoms with E-state index in [1.165, 1.54) is 21.6 Å².